The van der Waals surface area contributed by atoms with Gasteiger partial charge in [0, 0.05) is 37.9 Å². The molecule has 1 fully saturated rings. The Morgan fingerprint density at radius 1 is 1.28 bits per heavy atom. The van der Waals surface area contributed by atoms with Gasteiger partial charge in [-0.05, 0) is 17.2 Å². The Balaban J connectivity index is 1.81. The van der Waals surface area contributed by atoms with Gasteiger partial charge in [-0.15, -0.1) is 0 Å². The number of anilines is 1. The maximum absolute atomic E-state index is 5.80. The van der Waals surface area contributed by atoms with Crippen LogP contribution in [-0.2, 0) is 11.3 Å². The third-order valence-electron chi connectivity index (χ3n) is 4.62. The predicted octanol–water partition coefficient (Wildman–Crippen LogP) is 1.25. The van der Waals surface area contributed by atoms with Gasteiger partial charge >= 0.3 is 0 Å². The number of benzene rings is 1. The first-order chi connectivity index (χ1) is 12.3. The summed E-state index contributed by atoms with van der Waals surface area (Å²) in [7, 11) is 0. The topological polar surface area (TPSA) is 106 Å². The standard InChI is InChI=1S/C18H22N6O/c19-7-12-2-1-3-13(6-12)15-9-21-17-16(15)18(23-11-22-17)24-4-5-25-14(8-20)10-24/h1-3,6,9,11,14H,4-5,7-8,10,19-20H2,(H,21,22,23). The van der Waals surface area contributed by atoms with Crippen LogP contribution in [0.15, 0.2) is 36.8 Å². The lowest BCUT2D eigenvalue weighted by Crippen LogP contribution is -2.46. The molecule has 0 spiro atoms. The molecule has 4 rings (SSSR count). The molecular weight excluding hydrogens is 316 g/mol. The van der Waals surface area contributed by atoms with Crippen molar-refractivity contribution in [2.45, 2.75) is 12.6 Å². The quantitative estimate of drug-likeness (QED) is 0.661. The van der Waals surface area contributed by atoms with Crippen LogP contribution in [0.1, 0.15) is 5.56 Å². The van der Waals surface area contributed by atoms with Crippen LogP contribution in [0.2, 0.25) is 0 Å². The molecule has 1 aromatic carbocycles. The molecule has 25 heavy (non-hydrogen) atoms. The summed E-state index contributed by atoms with van der Waals surface area (Å²) < 4.78 is 5.69. The summed E-state index contributed by atoms with van der Waals surface area (Å²) in [5, 5.41) is 1.02. The van der Waals surface area contributed by atoms with E-state index in [-0.39, 0.29) is 6.10 Å². The molecule has 7 nitrogen and oxygen atoms in total. The summed E-state index contributed by atoms with van der Waals surface area (Å²) in [6.45, 7) is 3.19. The highest BCUT2D eigenvalue weighted by molar-refractivity contribution is 6.01. The Labute approximate surface area is 146 Å². The minimum atomic E-state index is 0.0294. The van der Waals surface area contributed by atoms with E-state index in [1.165, 1.54) is 0 Å². The molecule has 2 aromatic heterocycles. The number of nitrogens with one attached hydrogen (secondary N) is 1. The number of aromatic nitrogens is 3. The van der Waals surface area contributed by atoms with Crippen molar-refractivity contribution in [2.75, 3.05) is 31.1 Å². The van der Waals surface area contributed by atoms with Crippen molar-refractivity contribution in [3.05, 3.63) is 42.4 Å². The van der Waals surface area contributed by atoms with Crippen molar-refractivity contribution in [3.8, 4) is 11.1 Å². The van der Waals surface area contributed by atoms with Crippen LogP contribution in [0.3, 0.4) is 0 Å². The van der Waals surface area contributed by atoms with Gasteiger partial charge in [0.1, 0.15) is 17.8 Å². The van der Waals surface area contributed by atoms with Gasteiger partial charge in [-0.1, -0.05) is 18.2 Å². The van der Waals surface area contributed by atoms with Gasteiger partial charge in [0.15, 0.2) is 0 Å². The third kappa shape index (κ3) is 2.97. The fraction of sp³-hybridized carbons (Fsp3) is 0.333. The normalized spacial score (nSPS) is 18.0. The number of morpholine rings is 1. The summed E-state index contributed by atoms with van der Waals surface area (Å²) in [5.74, 6) is 0.918. The van der Waals surface area contributed by atoms with Crippen molar-refractivity contribution < 1.29 is 4.74 Å². The first-order valence-electron chi connectivity index (χ1n) is 8.48. The molecule has 3 aromatic rings. The Bertz CT molecular complexity index is 877. The molecule has 0 radical (unpaired) electrons. The fourth-order valence-electron chi connectivity index (χ4n) is 3.33. The van der Waals surface area contributed by atoms with Crippen molar-refractivity contribution in [3.63, 3.8) is 0 Å². The van der Waals surface area contributed by atoms with Crippen LogP contribution < -0.4 is 16.4 Å². The number of ether oxygens (including phenoxy) is 1. The van der Waals surface area contributed by atoms with E-state index < -0.39 is 0 Å². The lowest BCUT2D eigenvalue weighted by molar-refractivity contribution is 0.0464. The number of nitrogens with two attached hydrogens (primary N) is 2. The van der Waals surface area contributed by atoms with Gasteiger partial charge < -0.3 is 26.1 Å². The van der Waals surface area contributed by atoms with Crippen molar-refractivity contribution in [2.24, 2.45) is 11.5 Å². The molecule has 0 saturated carbocycles. The molecule has 0 aliphatic carbocycles. The monoisotopic (exact) mass is 338 g/mol. The van der Waals surface area contributed by atoms with Crippen LogP contribution >= 0.6 is 0 Å². The Kier molecular flexibility index (Phi) is 4.35. The smallest absolute Gasteiger partial charge is 0.143 e. The number of H-pyrrole nitrogens is 1. The number of hydrogen-bond donors (Lipinski definition) is 3. The fourth-order valence-corrected chi connectivity index (χ4v) is 3.33. The molecule has 0 amide bonds. The van der Waals surface area contributed by atoms with E-state index in [2.05, 4.69) is 32.0 Å². The highest BCUT2D eigenvalue weighted by atomic mass is 16.5. The van der Waals surface area contributed by atoms with E-state index in [4.69, 9.17) is 16.2 Å². The molecule has 1 unspecified atom stereocenters. The van der Waals surface area contributed by atoms with E-state index in [1.54, 1.807) is 6.33 Å². The van der Waals surface area contributed by atoms with E-state index in [0.29, 0.717) is 19.7 Å². The van der Waals surface area contributed by atoms with E-state index >= 15 is 0 Å². The average Bonchev–Trinajstić information content (AvgIpc) is 3.12. The van der Waals surface area contributed by atoms with E-state index in [1.807, 2.05) is 18.3 Å². The highest BCUT2D eigenvalue weighted by Gasteiger charge is 2.24. The maximum Gasteiger partial charge on any atom is 0.143 e. The molecule has 1 aliphatic heterocycles. The zero-order valence-electron chi connectivity index (χ0n) is 14.0. The van der Waals surface area contributed by atoms with Crippen molar-refractivity contribution in [1.29, 1.82) is 0 Å². The average molecular weight is 338 g/mol. The molecule has 0 bridgehead atoms. The molecule has 1 aliphatic rings. The zero-order valence-corrected chi connectivity index (χ0v) is 14.0. The number of rotatable bonds is 4. The zero-order chi connectivity index (χ0) is 17.2. The number of fused-ring (bicyclic) bond motifs is 1. The Morgan fingerprint density at radius 2 is 2.20 bits per heavy atom. The summed E-state index contributed by atoms with van der Waals surface area (Å²) >= 11 is 0. The maximum atomic E-state index is 5.80. The van der Waals surface area contributed by atoms with Crippen LogP contribution in [0.5, 0.6) is 0 Å². The molecule has 1 atom stereocenters. The molecule has 5 N–H and O–H groups in total. The Hall–Kier alpha value is -2.48. The van der Waals surface area contributed by atoms with Crippen molar-refractivity contribution in [1.82, 2.24) is 15.0 Å². The summed E-state index contributed by atoms with van der Waals surface area (Å²) in [6, 6.07) is 8.25. The first kappa shape index (κ1) is 16.0. The summed E-state index contributed by atoms with van der Waals surface area (Å²) in [6.07, 6.45) is 3.61. The SMILES string of the molecule is NCc1cccc(-c2c[nH]c3ncnc(N4CCOC(CN)C4)c23)c1. The predicted molar refractivity (Wildman–Crippen MR) is 98.2 cm³/mol. The highest BCUT2D eigenvalue weighted by Crippen LogP contribution is 2.34. The minimum Gasteiger partial charge on any atom is -0.373 e. The Morgan fingerprint density at radius 3 is 3.04 bits per heavy atom. The number of aromatic amines is 1. The number of hydrogen-bond acceptors (Lipinski definition) is 6. The second-order valence-electron chi connectivity index (χ2n) is 6.20. The van der Waals surface area contributed by atoms with Gasteiger partial charge in [0.05, 0.1) is 18.1 Å². The van der Waals surface area contributed by atoms with Gasteiger partial charge in [0.25, 0.3) is 0 Å². The van der Waals surface area contributed by atoms with Gasteiger partial charge in [-0.3, -0.25) is 0 Å². The van der Waals surface area contributed by atoms with Gasteiger partial charge in [-0.25, -0.2) is 9.97 Å². The van der Waals surface area contributed by atoms with Crippen LogP contribution in [0.25, 0.3) is 22.2 Å². The molecule has 3 heterocycles. The number of nitrogens with zero attached hydrogens (tertiary/aromatic N) is 3. The first-order valence-corrected chi connectivity index (χ1v) is 8.48. The van der Waals surface area contributed by atoms with Crippen LogP contribution in [0, 0.1) is 0 Å². The summed E-state index contributed by atoms with van der Waals surface area (Å²) in [5.41, 5.74) is 15.7. The van der Waals surface area contributed by atoms with E-state index in [9.17, 15) is 0 Å². The largest absolute Gasteiger partial charge is 0.373 e. The second-order valence-corrected chi connectivity index (χ2v) is 6.20. The lowest BCUT2D eigenvalue weighted by atomic mass is 10.0. The molecule has 130 valence electrons. The van der Waals surface area contributed by atoms with Crippen LogP contribution in [-0.4, -0.2) is 47.3 Å². The minimum absolute atomic E-state index is 0.0294. The van der Waals surface area contributed by atoms with E-state index in [0.717, 1.165) is 46.6 Å². The van der Waals surface area contributed by atoms with Gasteiger partial charge in [0.2, 0.25) is 0 Å². The van der Waals surface area contributed by atoms with Crippen molar-refractivity contribution >= 4 is 16.9 Å². The molecule has 1 saturated heterocycles. The third-order valence-corrected chi connectivity index (χ3v) is 4.62. The lowest BCUT2D eigenvalue weighted by Gasteiger charge is -2.33. The van der Waals surface area contributed by atoms with Crippen LogP contribution in [0.4, 0.5) is 5.82 Å². The second kappa shape index (κ2) is 6.79. The van der Waals surface area contributed by atoms with Gasteiger partial charge in [-0.2, -0.15) is 0 Å². The summed E-state index contributed by atoms with van der Waals surface area (Å²) in [4.78, 5) is 14.5. The molecular formula is C18H22N6O. The molecule has 7 heteroatoms.